The van der Waals surface area contributed by atoms with Gasteiger partial charge in [0.1, 0.15) is 0 Å². The van der Waals surface area contributed by atoms with E-state index in [0.717, 1.165) is 25.1 Å². The SMILES string of the molecule is CCNC(=NCc1cccc(NC(=O)c2ccco2)c1)NCC1(CCO)CCOC1.I. The van der Waals surface area contributed by atoms with E-state index in [1.165, 1.54) is 6.26 Å². The van der Waals surface area contributed by atoms with Crippen molar-refractivity contribution < 1.29 is 19.1 Å². The molecule has 31 heavy (non-hydrogen) atoms. The molecule has 0 spiro atoms. The lowest BCUT2D eigenvalue weighted by atomic mass is 9.84. The van der Waals surface area contributed by atoms with Crippen molar-refractivity contribution in [2.45, 2.75) is 26.3 Å². The molecule has 1 fully saturated rings. The number of furan rings is 1. The molecular formula is C22H31IN4O4. The molecule has 2 heterocycles. The second kappa shape index (κ2) is 12.7. The Kier molecular flexibility index (Phi) is 10.3. The van der Waals surface area contributed by atoms with Crippen LogP contribution in [0, 0.1) is 5.41 Å². The monoisotopic (exact) mass is 542 g/mol. The number of halogens is 1. The summed E-state index contributed by atoms with van der Waals surface area (Å²) in [5.41, 5.74) is 1.60. The van der Waals surface area contributed by atoms with Gasteiger partial charge in [-0.2, -0.15) is 0 Å². The van der Waals surface area contributed by atoms with Crippen LogP contribution in [0.1, 0.15) is 35.9 Å². The van der Waals surface area contributed by atoms with Crippen LogP contribution in [0.15, 0.2) is 52.1 Å². The van der Waals surface area contributed by atoms with Crippen molar-refractivity contribution >= 4 is 41.5 Å². The van der Waals surface area contributed by atoms with Crippen LogP contribution in [0.4, 0.5) is 5.69 Å². The maximum Gasteiger partial charge on any atom is 0.291 e. The molecule has 2 aromatic rings. The number of aliphatic hydroxyl groups excluding tert-OH is 1. The first kappa shape index (κ1) is 25.2. The van der Waals surface area contributed by atoms with Crippen molar-refractivity contribution in [3.8, 4) is 0 Å². The van der Waals surface area contributed by atoms with Crippen LogP contribution in [0.2, 0.25) is 0 Å². The number of hydrogen-bond acceptors (Lipinski definition) is 5. The molecule has 1 aliphatic heterocycles. The van der Waals surface area contributed by atoms with Gasteiger partial charge in [-0.3, -0.25) is 4.79 Å². The first-order chi connectivity index (χ1) is 14.6. The molecule has 1 unspecified atom stereocenters. The summed E-state index contributed by atoms with van der Waals surface area (Å²) in [6.45, 7) is 5.44. The summed E-state index contributed by atoms with van der Waals surface area (Å²) >= 11 is 0. The highest BCUT2D eigenvalue weighted by Crippen LogP contribution is 2.31. The number of nitrogens with zero attached hydrogens (tertiary/aromatic N) is 1. The summed E-state index contributed by atoms with van der Waals surface area (Å²) in [4.78, 5) is 16.8. The van der Waals surface area contributed by atoms with Crippen molar-refractivity contribution in [1.29, 1.82) is 0 Å². The van der Waals surface area contributed by atoms with Crippen molar-refractivity contribution in [1.82, 2.24) is 10.6 Å². The van der Waals surface area contributed by atoms with Gasteiger partial charge < -0.3 is 30.2 Å². The highest BCUT2D eigenvalue weighted by atomic mass is 127. The molecule has 1 saturated heterocycles. The molecule has 8 nitrogen and oxygen atoms in total. The first-order valence-corrected chi connectivity index (χ1v) is 10.3. The number of guanidine groups is 1. The molecule has 1 atom stereocenters. The molecule has 4 N–H and O–H groups in total. The molecule has 1 aromatic carbocycles. The topological polar surface area (TPSA) is 108 Å². The van der Waals surface area contributed by atoms with Crippen molar-refractivity contribution in [3.63, 3.8) is 0 Å². The fourth-order valence-electron chi connectivity index (χ4n) is 3.44. The van der Waals surface area contributed by atoms with Gasteiger partial charge in [-0.05, 0) is 49.6 Å². The average Bonchev–Trinajstić information content (AvgIpc) is 3.44. The van der Waals surface area contributed by atoms with E-state index in [-0.39, 0.29) is 47.7 Å². The summed E-state index contributed by atoms with van der Waals surface area (Å²) in [5, 5.41) is 18.9. The third kappa shape index (κ3) is 7.51. The molecule has 1 aliphatic rings. The van der Waals surface area contributed by atoms with Crippen molar-refractivity contribution in [3.05, 3.63) is 54.0 Å². The second-order valence-electron chi connectivity index (χ2n) is 7.46. The predicted octanol–water partition coefficient (Wildman–Crippen LogP) is 2.99. The molecule has 170 valence electrons. The summed E-state index contributed by atoms with van der Waals surface area (Å²) < 4.78 is 10.7. The molecule has 0 aliphatic carbocycles. The maximum absolute atomic E-state index is 12.2. The van der Waals surface area contributed by atoms with Crippen LogP contribution in [0.3, 0.4) is 0 Å². The predicted molar refractivity (Wildman–Crippen MR) is 131 cm³/mol. The number of benzene rings is 1. The minimum Gasteiger partial charge on any atom is -0.459 e. The van der Waals surface area contributed by atoms with Crippen LogP contribution < -0.4 is 16.0 Å². The minimum absolute atomic E-state index is 0. The first-order valence-electron chi connectivity index (χ1n) is 10.3. The zero-order valence-corrected chi connectivity index (χ0v) is 20.1. The van der Waals surface area contributed by atoms with Crippen LogP contribution in [-0.2, 0) is 11.3 Å². The zero-order chi connectivity index (χ0) is 21.2. The molecule has 1 aromatic heterocycles. The van der Waals surface area contributed by atoms with Crippen molar-refractivity contribution in [2.75, 3.05) is 38.2 Å². The number of amides is 1. The van der Waals surface area contributed by atoms with E-state index in [4.69, 9.17) is 9.15 Å². The maximum atomic E-state index is 12.2. The summed E-state index contributed by atoms with van der Waals surface area (Å²) in [6.07, 6.45) is 3.10. The van der Waals surface area contributed by atoms with Gasteiger partial charge >= 0.3 is 0 Å². The Morgan fingerprint density at radius 2 is 2.13 bits per heavy atom. The Bertz CT molecular complexity index is 836. The van der Waals surface area contributed by atoms with Gasteiger partial charge in [-0.1, -0.05) is 12.1 Å². The van der Waals surface area contributed by atoms with Gasteiger partial charge in [0, 0.05) is 37.4 Å². The lowest BCUT2D eigenvalue weighted by Gasteiger charge is -2.27. The molecule has 0 radical (unpaired) electrons. The molecule has 1 amide bonds. The molecule has 0 bridgehead atoms. The fraction of sp³-hybridized carbons (Fsp3) is 0.455. The number of anilines is 1. The van der Waals surface area contributed by atoms with Crippen LogP contribution >= 0.6 is 24.0 Å². The third-order valence-corrected chi connectivity index (χ3v) is 5.15. The van der Waals surface area contributed by atoms with E-state index in [0.29, 0.717) is 37.8 Å². The minimum atomic E-state index is -0.288. The number of carbonyl (C=O) groups is 1. The second-order valence-corrected chi connectivity index (χ2v) is 7.46. The van der Waals surface area contributed by atoms with Gasteiger partial charge in [0.05, 0.1) is 19.4 Å². The number of rotatable bonds is 9. The van der Waals surface area contributed by atoms with E-state index in [1.54, 1.807) is 12.1 Å². The van der Waals surface area contributed by atoms with Crippen LogP contribution in [-0.4, -0.2) is 49.9 Å². The number of ether oxygens (including phenoxy) is 1. The smallest absolute Gasteiger partial charge is 0.291 e. The normalized spacial score (nSPS) is 18.3. The number of aliphatic hydroxyl groups is 1. The molecule has 9 heteroatoms. The number of carbonyl (C=O) groups excluding carboxylic acids is 1. The lowest BCUT2D eigenvalue weighted by Crippen LogP contribution is -2.44. The Morgan fingerprint density at radius 3 is 2.81 bits per heavy atom. The number of aliphatic imine (C=N–C) groups is 1. The highest BCUT2D eigenvalue weighted by Gasteiger charge is 2.34. The average molecular weight is 542 g/mol. The summed E-state index contributed by atoms with van der Waals surface area (Å²) in [5.74, 6) is 0.695. The Labute approximate surface area is 199 Å². The van der Waals surface area contributed by atoms with Crippen LogP contribution in [0.25, 0.3) is 0 Å². The number of nitrogens with one attached hydrogen (secondary N) is 3. The standard InChI is InChI=1S/C22H30N4O4.HI/c1-2-23-21(25-15-22(8-10-27)9-12-29-16-22)24-14-17-5-3-6-18(13-17)26-20(28)19-7-4-11-30-19;/h3-7,11,13,27H,2,8-10,12,14-16H2,1H3,(H,26,28)(H2,23,24,25);1H. The van der Waals surface area contributed by atoms with Gasteiger partial charge in [-0.15, -0.1) is 24.0 Å². The zero-order valence-electron chi connectivity index (χ0n) is 17.7. The Hall–Kier alpha value is -2.11. The molecular weight excluding hydrogens is 511 g/mol. The van der Waals surface area contributed by atoms with Gasteiger partial charge in [0.25, 0.3) is 5.91 Å². The summed E-state index contributed by atoms with van der Waals surface area (Å²) in [6, 6.07) is 10.9. The molecule has 3 rings (SSSR count). The molecule has 0 saturated carbocycles. The van der Waals surface area contributed by atoms with Gasteiger partial charge in [0.2, 0.25) is 0 Å². The quantitative estimate of drug-likeness (QED) is 0.221. The Balaban J connectivity index is 0.00000341. The van der Waals surface area contributed by atoms with Gasteiger partial charge in [0.15, 0.2) is 11.7 Å². The lowest BCUT2D eigenvalue weighted by molar-refractivity contribution is 0.0996. The van der Waals surface area contributed by atoms with Crippen LogP contribution in [0.5, 0.6) is 0 Å². The van der Waals surface area contributed by atoms with E-state index < -0.39 is 0 Å². The largest absolute Gasteiger partial charge is 0.459 e. The van der Waals surface area contributed by atoms with E-state index >= 15 is 0 Å². The number of hydrogen-bond donors (Lipinski definition) is 4. The van der Waals surface area contributed by atoms with E-state index in [1.807, 2.05) is 31.2 Å². The van der Waals surface area contributed by atoms with E-state index in [2.05, 4.69) is 20.9 Å². The third-order valence-electron chi connectivity index (χ3n) is 5.15. The Morgan fingerprint density at radius 1 is 1.26 bits per heavy atom. The fourth-order valence-corrected chi connectivity index (χ4v) is 3.44. The van der Waals surface area contributed by atoms with E-state index in [9.17, 15) is 9.90 Å². The summed E-state index contributed by atoms with van der Waals surface area (Å²) in [7, 11) is 0. The highest BCUT2D eigenvalue weighted by molar-refractivity contribution is 14.0. The van der Waals surface area contributed by atoms with Crippen molar-refractivity contribution in [2.24, 2.45) is 10.4 Å². The van der Waals surface area contributed by atoms with Gasteiger partial charge in [-0.25, -0.2) is 4.99 Å².